The zero-order chi connectivity index (χ0) is 10.1. The summed E-state index contributed by atoms with van der Waals surface area (Å²) >= 11 is 0. The van der Waals surface area contributed by atoms with Gasteiger partial charge in [-0.3, -0.25) is 0 Å². The largest absolute Gasteiger partial charge is 0.785 e. The van der Waals surface area contributed by atoms with Crippen LogP contribution in [-0.4, -0.2) is 11.6 Å². The highest BCUT2D eigenvalue weighted by Crippen LogP contribution is 2.32. The van der Waals surface area contributed by atoms with Crippen LogP contribution in [0.2, 0.25) is 0 Å². The maximum Gasteiger partial charge on any atom is 0.128 e. The number of hydrogen-bond acceptors (Lipinski definition) is 2. The molecule has 1 heterocycles. The van der Waals surface area contributed by atoms with Gasteiger partial charge >= 0.3 is 0 Å². The summed E-state index contributed by atoms with van der Waals surface area (Å²) in [5.41, 5.74) is 0.178. The number of rotatable bonds is 1. The topological polar surface area (TPSA) is 26.3 Å². The van der Waals surface area contributed by atoms with E-state index in [1.807, 2.05) is 0 Å². The molecule has 1 aromatic carbocycles. The standard InChI is InChI=1S/C10H10F2NO/c11-7-3-4-9(12)8(6-7)10-2-1-5-13(10)14/h3-4,6,10H,1-2,5H2/q-1. The molecule has 0 saturated carbocycles. The van der Waals surface area contributed by atoms with Gasteiger partial charge in [0, 0.05) is 11.6 Å². The lowest BCUT2D eigenvalue weighted by Crippen LogP contribution is -2.16. The Kier molecular flexibility index (Phi) is 2.48. The maximum atomic E-state index is 13.3. The van der Waals surface area contributed by atoms with Gasteiger partial charge in [0.1, 0.15) is 11.6 Å². The van der Waals surface area contributed by atoms with E-state index < -0.39 is 17.7 Å². The van der Waals surface area contributed by atoms with E-state index in [1.54, 1.807) is 0 Å². The van der Waals surface area contributed by atoms with Crippen molar-refractivity contribution in [1.82, 2.24) is 5.06 Å². The molecule has 2 nitrogen and oxygen atoms in total. The number of nitrogens with zero attached hydrogens (tertiary/aromatic N) is 1. The zero-order valence-corrected chi connectivity index (χ0v) is 7.54. The van der Waals surface area contributed by atoms with Crippen molar-refractivity contribution in [3.05, 3.63) is 40.6 Å². The average molecular weight is 198 g/mol. The summed E-state index contributed by atoms with van der Waals surface area (Å²) in [7, 11) is 0. The minimum Gasteiger partial charge on any atom is -0.785 e. The molecule has 0 spiro atoms. The minimum absolute atomic E-state index is 0.178. The molecule has 0 aromatic heterocycles. The van der Waals surface area contributed by atoms with Crippen molar-refractivity contribution in [2.45, 2.75) is 18.9 Å². The quantitative estimate of drug-likeness (QED) is 0.693. The third-order valence-electron chi connectivity index (χ3n) is 2.52. The van der Waals surface area contributed by atoms with Gasteiger partial charge in [-0.15, -0.1) is 0 Å². The second-order valence-electron chi connectivity index (χ2n) is 3.46. The second-order valence-corrected chi connectivity index (χ2v) is 3.46. The molecule has 1 atom stereocenters. The van der Waals surface area contributed by atoms with Crippen molar-refractivity contribution in [3.8, 4) is 0 Å². The molecule has 0 amide bonds. The molecule has 2 rings (SSSR count). The van der Waals surface area contributed by atoms with E-state index in [-0.39, 0.29) is 5.56 Å². The van der Waals surface area contributed by atoms with Gasteiger partial charge in [0.25, 0.3) is 0 Å². The number of hydroxylamine groups is 2. The van der Waals surface area contributed by atoms with Crippen LogP contribution in [0.4, 0.5) is 8.78 Å². The van der Waals surface area contributed by atoms with Crippen molar-refractivity contribution in [2.24, 2.45) is 0 Å². The minimum atomic E-state index is -0.509. The lowest BCUT2D eigenvalue weighted by Gasteiger charge is -2.30. The van der Waals surface area contributed by atoms with Gasteiger partial charge < -0.3 is 10.3 Å². The molecule has 0 aliphatic carbocycles. The molecular formula is C10H10F2NO-. The lowest BCUT2D eigenvalue weighted by molar-refractivity contribution is 0.348. The average Bonchev–Trinajstić information content (AvgIpc) is 2.56. The molecule has 76 valence electrons. The summed E-state index contributed by atoms with van der Waals surface area (Å²) in [6.45, 7) is 0.403. The van der Waals surface area contributed by atoms with Crippen LogP contribution in [0.1, 0.15) is 24.4 Å². The van der Waals surface area contributed by atoms with Gasteiger partial charge in [0.05, 0.1) is 0 Å². The molecule has 4 heteroatoms. The van der Waals surface area contributed by atoms with Crippen LogP contribution in [0, 0.1) is 16.8 Å². The number of halogens is 2. The molecule has 0 N–H and O–H groups in total. The fraction of sp³-hybridized carbons (Fsp3) is 0.400. The van der Waals surface area contributed by atoms with Crippen LogP contribution in [-0.2, 0) is 0 Å². The first kappa shape index (κ1) is 9.55. The predicted molar refractivity (Wildman–Crippen MR) is 48.4 cm³/mol. The van der Waals surface area contributed by atoms with Crippen molar-refractivity contribution < 1.29 is 8.78 Å². The maximum absolute atomic E-state index is 13.3. The second kappa shape index (κ2) is 3.63. The van der Waals surface area contributed by atoms with E-state index in [4.69, 9.17) is 0 Å². The van der Waals surface area contributed by atoms with Crippen LogP contribution in [0.5, 0.6) is 0 Å². The van der Waals surface area contributed by atoms with Gasteiger partial charge in [0.15, 0.2) is 0 Å². The van der Waals surface area contributed by atoms with Crippen molar-refractivity contribution in [2.75, 3.05) is 6.54 Å². The molecule has 0 radical (unpaired) electrons. The Morgan fingerprint density at radius 3 is 2.79 bits per heavy atom. The van der Waals surface area contributed by atoms with E-state index in [0.29, 0.717) is 13.0 Å². The fourth-order valence-corrected chi connectivity index (χ4v) is 1.82. The van der Waals surface area contributed by atoms with E-state index in [9.17, 15) is 14.0 Å². The number of hydrogen-bond donors (Lipinski definition) is 0. The first-order valence-electron chi connectivity index (χ1n) is 4.57. The van der Waals surface area contributed by atoms with E-state index in [0.717, 1.165) is 29.7 Å². The molecule has 1 saturated heterocycles. The molecule has 14 heavy (non-hydrogen) atoms. The van der Waals surface area contributed by atoms with Crippen LogP contribution >= 0.6 is 0 Å². The third kappa shape index (κ3) is 1.63. The van der Waals surface area contributed by atoms with Gasteiger partial charge in [-0.05, 0) is 37.6 Å². The summed E-state index contributed by atoms with van der Waals surface area (Å²) in [4.78, 5) is 0. The SMILES string of the molecule is [O-]N1CCCC1c1cc(F)ccc1F. The zero-order valence-electron chi connectivity index (χ0n) is 7.54. The van der Waals surface area contributed by atoms with E-state index in [1.165, 1.54) is 0 Å². The normalized spacial score (nSPS) is 22.9. The van der Waals surface area contributed by atoms with Gasteiger partial charge in [-0.1, -0.05) is 0 Å². The Hall–Kier alpha value is -1.00. The summed E-state index contributed by atoms with van der Waals surface area (Å²) in [5.74, 6) is -0.999. The van der Waals surface area contributed by atoms with Crippen molar-refractivity contribution in [3.63, 3.8) is 0 Å². The van der Waals surface area contributed by atoms with Crippen LogP contribution in [0.15, 0.2) is 18.2 Å². The van der Waals surface area contributed by atoms with Gasteiger partial charge in [-0.25, -0.2) is 8.78 Å². The third-order valence-corrected chi connectivity index (χ3v) is 2.52. The van der Waals surface area contributed by atoms with E-state index >= 15 is 0 Å². The first-order valence-corrected chi connectivity index (χ1v) is 4.57. The monoisotopic (exact) mass is 198 g/mol. The van der Waals surface area contributed by atoms with Crippen LogP contribution in [0.25, 0.3) is 0 Å². The van der Waals surface area contributed by atoms with Gasteiger partial charge in [-0.2, -0.15) is 0 Å². The van der Waals surface area contributed by atoms with Crippen molar-refractivity contribution in [1.29, 1.82) is 0 Å². The number of benzene rings is 1. The molecule has 1 aliphatic heterocycles. The highest BCUT2D eigenvalue weighted by molar-refractivity contribution is 5.23. The molecule has 1 aromatic rings. The lowest BCUT2D eigenvalue weighted by atomic mass is 10.0. The summed E-state index contributed by atoms with van der Waals surface area (Å²) in [6, 6.07) is 2.72. The predicted octanol–water partition coefficient (Wildman–Crippen LogP) is 2.60. The summed E-state index contributed by atoms with van der Waals surface area (Å²) in [5, 5.41) is 12.1. The van der Waals surface area contributed by atoms with Crippen molar-refractivity contribution >= 4 is 0 Å². The Labute approximate surface area is 80.7 Å². The molecule has 1 fully saturated rings. The first-order chi connectivity index (χ1) is 6.68. The van der Waals surface area contributed by atoms with Crippen LogP contribution in [0.3, 0.4) is 0 Å². The Morgan fingerprint density at radius 2 is 2.14 bits per heavy atom. The Morgan fingerprint density at radius 1 is 1.36 bits per heavy atom. The highest BCUT2D eigenvalue weighted by Gasteiger charge is 2.22. The summed E-state index contributed by atoms with van der Waals surface area (Å²) in [6.07, 6.45) is 1.34. The molecule has 1 unspecified atom stereocenters. The smallest absolute Gasteiger partial charge is 0.128 e. The van der Waals surface area contributed by atoms with Crippen LogP contribution < -0.4 is 0 Å². The Bertz CT molecular complexity index is 343. The Balaban J connectivity index is 2.34. The highest BCUT2D eigenvalue weighted by atomic mass is 19.1. The van der Waals surface area contributed by atoms with E-state index in [2.05, 4.69) is 0 Å². The molecule has 1 aliphatic rings. The fourth-order valence-electron chi connectivity index (χ4n) is 1.82. The van der Waals surface area contributed by atoms with Gasteiger partial charge in [0.2, 0.25) is 0 Å². The molecular weight excluding hydrogens is 188 g/mol. The summed E-state index contributed by atoms with van der Waals surface area (Å²) < 4.78 is 26.1. The molecule has 0 bridgehead atoms.